The summed E-state index contributed by atoms with van der Waals surface area (Å²) in [7, 11) is 1.55. The molecule has 0 spiro atoms. The molecule has 80 valence electrons. The lowest BCUT2D eigenvalue weighted by Gasteiger charge is -2.02. The van der Waals surface area contributed by atoms with Crippen LogP contribution in [-0.2, 0) is 9.53 Å². The highest BCUT2D eigenvalue weighted by Crippen LogP contribution is 2.16. The summed E-state index contributed by atoms with van der Waals surface area (Å²) in [6.45, 7) is 2.13. The predicted molar refractivity (Wildman–Crippen MR) is 56.5 cm³/mol. The Morgan fingerprint density at radius 2 is 2.40 bits per heavy atom. The third kappa shape index (κ3) is 3.42. The predicted octanol–water partition coefficient (Wildman–Crippen LogP) is 1.67. The average Bonchev–Trinajstić information content (AvgIpc) is 2.27. The van der Waals surface area contributed by atoms with Gasteiger partial charge in [0.05, 0.1) is 19.9 Å². The minimum absolute atomic E-state index is 0.364. The Labute approximate surface area is 88.5 Å². The Morgan fingerprint density at radius 3 is 3.07 bits per heavy atom. The SMILES string of the molecule is CCOC(=O)/C=C/c1ccncc1OC. The first-order valence-corrected chi connectivity index (χ1v) is 4.60. The topological polar surface area (TPSA) is 48.4 Å². The van der Waals surface area contributed by atoms with E-state index in [2.05, 4.69) is 4.98 Å². The van der Waals surface area contributed by atoms with Gasteiger partial charge in [-0.15, -0.1) is 0 Å². The second-order valence-electron chi connectivity index (χ2n) is 2.70. The van der Waals surface area contributed by atoms with Gasteiger partial charge in [-0.1, -0.05) is 0 Å². The van der Waals surface area contributed by atoms with Crippen LogP contribution in [0.5, 0.6) is 5.75 Å². The van der Waals surface area contributed by atoms with E-state index in [9.17, 15) is 4.79 Å². The summed E-state index contributed by atoms with van der Waals surface area (Å²) in [6.07, 6.45) is 6.22. The highest BCUT2D eigenvalue weighted by Gasteiger charge is 1.99. The highest BCUT2D eigenvalue weighted by molar-refractivity contribution is 5.87. The smallest absolute Gasteiger partial charge is 0.330 e. The standard InChI is InChI=1S/C11H13NO3/c1-3-15-11(13)5-4-9-6-7-12-8-10(9)14-2/h4-8H,3H2,1-2H3/b5-4+. The third-order valence-corrected chi connectivity index (χ3v) is 1.72. The molecule has 0 saturated carbocycles. The molecule has 1 aromatic rings. The molecule has 0 saturated heterocycles. The Bertz CT molecular complexity index is 361. The van der Waals surface area contributed by atoms with E-state index in [1.54, 1.807) is 38.6 Å². The van der Waals surface area contributed by atoms with Crippen LogP contribution in [0, 0.1) is 0 Å². The molecule has 0 fully saturated rings. The second-order valence-corrected chi connectivity index (χ2v) is 2.70. The average molecular weight is 207 g/mol. The summed E-state index contributed by atoms with van der Waals surface area (Å²) < 4.78 is 9.83. The van der Waals surface area contributed by atoms with E-state index in [4.69, 9.17) is 9.47 Å². The quantitative estimate of drug-likeness (QED) is 0.556. The van der Waals surface area contributed by atoms with Crippen molar-refractivity contribution in [1.82, 2.24) is 4.98 Å². The van der Waals surface area contributed by atoms with Crippen LogP contribution >= 0.6 is 0 Å². The molecule has 0 aliphatic carbocycles. The molecule has 0 unspecified atom stereocenters. The number of nitrogens with zero attached hydrogens (tertiary/aromatic N) is 1. The van der Waals surface area contributed by atoms with Gasteiger partial charge in [0.25, 0.3) is 0 Å². The van der Waals surface area contributed by atoms with Crippen molar-refractivity contribution >= 4 is 12.0 Å². The van der Waals surface area contributed by atoms with E-state index in [1.165, 1.54) is 6.08 Å². The van der Waals surface area contributed by atoms with E-state index < -0.39 is 0 Å². The molecule has 0 amide bonds. The Morgan fingerprint density at radius 1 is 1.60 bits per heavy atom. The van der Waals surface area contributed by atoms with Crippen molar-refractivity contribution in [2.45, 2.75) is 6.92 Å². The summed E-state index contributed by atoms with van der Waals surface area (Å²) in [5.41, 5.74) is 0.792. The van der Waals surface area contributed by atoms with Crippen LogP contribution in [0.1, 0.15) is 12.5 Å². The fourth-order valence-corrected chi connectivity index (χ4v) is 1.05. The van der Waals surface area contributed by atoms with Crippen molar-refractivity contribution < 1.29 is 14.3 Å². The third-order valence-electron chi connectivity index (χ3n) is 1.72. The summed E-state index contributed by atoms with van der Waals surface area (Å²) in [6, 6.07) is 1.76. The monoisotopic (exact) mass is 207 g/mol. The molecule has 0 N–H and O–H groups in total. The summed E-state index contributed by atoms with van der Waals surface area (Å²) in [4.78, 5) is 15.0. The van der Waals surface area contributed by atoms with Gasteiger partial charge in [0.15, 0.2) is 0 Å². The maximum absolute atomic E-state index is 11.1. The maximum Gasteiger partial charge on any atom is 0.330 e. The van der Waals surface area contributed by atoms with Crippen LogP contribution in [0.3, 0.4) is 0 Å². The largest absolute Gasteiger partial charge is 0.495 e. The number of esters is 1. The van der Waals surface area contributed by atoms with Crippen molar-refractivity contribution in [1.29, 1.82) is 0 Å². The molecule has 0 bridgehead atoms. The molecule has 4 heteroatoms. The van der Waals surface area contributed by atoms with Crippen molar-refractivity contribution in [2.24, 2.45) is 0 Å². The van der Waals surface area contributed by atoms with Gasteiger partial charge in [-0.2, -0.15) is 0 Å². The van der Waals surface area contributed by atoms with E-state index in [0.717, 1.165) is 5.56 Å². The van der Waals surface area contributed by atoms with Gasteiger partial charge in [0, 0.05) is 17.8 Å². The van der Waals surface area contributed by atoms with Gasteiger partial charge in [0.1, 0.15) is 5.75 Å². The normalized spacial score (nSPS) is 10.3. The minimum Gasteiger partial charge on any atom is -0.495 e. The van der Waals surface area contributed by atoms with Crippen LogP contribution < -0.4 is 4.74 Å². The molecule has 0 aliphatic rings. The number of carbonyl (C=O) groups is 1. The lowest BCUT2D eigenvalue weighted by molar-refractivity contribution is -0.137. The molecule has 1 heterocycles. The van der Waals surface area contributed by atoms with Crippen molar-refractivity contribution in [3.05, 3.63) is 30.1 Å². The van der Waals surface area contributed by atoms with Gasteiger partial charge in [-0.05, 0) is 19.1 Å². The highest BCUT2D eigenvalue weighted by atomic mass is 16.5. The molecule has 0 radical (unpaired) electrons. The first kappa shape index (κ1) is 11.2. The van der Waals surface area contributed by atoms with Gasteiger partial charge in [0.2, 0.25) is 0 Å². The Balaban J connectivity index is 2.75. The van der Waals surface area contributed by atoms with Crippen LogP contribution in [0.4, 0.5) is 0 Å². The zero-order valence-corrected chi connectivity index (χ0v) is 8.77. The van der Waals surface area contributed by atoms with Gasteiger partial charge in [-0.3, -0.25) is 4.98 Å². The molecular weight excluding hydrogens is 194 g/mol. The van der Waals surface area contributed by atoms with Crippen molar-refractivity contribution in [2.75, 3.05) is 13.7 Å². The summed E-state index contributed by atoms with van der Waals surface area (Å²) >= 11 is 0. The maximum atomic E-state index is 11.1. The van der Waals surface area contributed by atoms with E-state index in [1.807, 2.05) is 0 Å². The van der Waals surface area contributed by atoms with Gasteiger partial charge in [-0.25, -0.2) is 4.79 Å². The number of rotatable bonds is 4. The summed E-state index contributed by atoms with van der Waals surface area (Å²) in [5, 5.41) is 0. The molecule has 1 aromatic heterocycles. The van der Waals surface area contributed by atoms with Crippen LogP contribution in [0.25, 0.3) is 6.08 Å². The number of ether oxygens (including phenoxy) is 2. The lowest BCUT2D eigenvalue weighted by atomic mass is 10.2. The molecular formula is C11H13NO3. The second kappa shape index (κ2) is 5.80. The number of methoxy groups -OCH3 is 1. The van der Waals surface area contributed by atoms with E-state index in [0.29, 0.717) is 12.4 Å². The number of pyridine rings is 1. The molecule has 15 heavy (non-hydrogen) atoms. The number of carbonyl (C=O) groups excluding carboxylic acids is 1. The number of aromatic nitrogens is 1. The first-order valence-electron chi connectivity index (χ1n) is 4.60. The van der Waals surface area contributed by atoms with E-state index in [-0.39, 0.29) is 5.97 Å². The molecule has 1 rings (SSSR count). The Hall–Kier alpha value is -1.84. The van der Waals surface area contributed by atoms with Crippen molar-refractivity contribution in [3.63, 3.8) is 0 Å². The fraction of sp³-hybridized carbons (Fsp3) is 0.273. The minimum atomic E-state index is -0.364. The molecule has 0 atom stereocenters. The van der Waals surface area contributed by atoms with Crippen LogP contribution in [0.2, 0.25) is 0 Å². The number of hydrogen-bond acceptors (Lipinski definition) is 4. The van der Waals surface area contributed by atoms with E-state index >= 15 is 0 Å². The molecule has 0 aromatic carbocycles. The first-order chi connectivity index (χ1) is 7.27. The number of hydrogen-bond donors (Lipinski definition) is 0. The zero-order chi connectivity index (χ0) is 11.1. The fourth-order valence-electron chi connectivity index (χ4n) is 1.05. The summed E-state index contributed by atoms with van der Waals surface area (Å²) in [5.74, 6) is 0.259. The zero-order valence-electron chi connectivity index (χ0n) is 8.77. The van der Waals surface area contributed by atoms with Gasteiger partial charge < -0.3 is 9.47 Å². The van der Waals surface area contributed by atoms with Crippen molar-refractivity contribution in [3.8, 4) is 5.75 Å². The van der Waals surface area contributed by atoms with Crippen LogP contribution in [-0.4, -0.2) is 24.7 Å². The van der Waals surface area contributed by atoms with Gasteiger partial charge >= 0.3 is 5.97 Å². The molecule has 4 nitrogen and oxygen atoms in total. The lowest BCUT2D eigenvalue weighted by Crippen LogP contribution is -1.98. The Kier molecular flexibility index (Phi) is 4.34. The molecule has 0 aliphatic heterocycles. The van der Waals surface area contributed by atoms with Crippen LogP contribution in [0.15, 0.2) is 24.5 Å².